The number of nitrogens with zero attached hydrogens (tertiary/aromatic N) is 2. The molecule has 32 heavy (non-hydrogen) atoms. The minimum atomic E-state index is -0.215. The molecule has 166 valence electrons. The number of pyridine rings is 1. The van der Waals surface area contributed by atoms with Crippen LogP contribution in [0.3, 0.4) is 0 Å². The van der Waals surface area contributed by atoms with Crippen LogP contribution in [0.2, 0.25) is 10.0 Å². The summed E-state index contributed by atoms with van der Waals surface area (Å²) in [5, 5.41) is 4.05. The number of anilines is 1. The summed E-state index contributed by atoms with van der Waals surface area (Å²) in [4.78, 5) is 19.5. The van der Waals surface area contributed by atoms with Crippen LogP contribution in [0.25, 0.3) is 0 Å². The van der Waals surface area contributed by atoms with Gasteiger partial charge >= 0.3 is 0 Å². The lowest BCUT2D eigenvalue weighted by Gasteiger charge is -2.28. The highest BCUT2D eigenvalue weighted by molar-refractivity contribution is 6.35. The fraction of sp³-hybridized carbons (Fsp3) is 0.250. The van der Waals surface area contributed by atoms with Crippen LogP contribution in [0.5, 0.6) is 5.75 Å². The fourth-order valence-electron chi connectivity index (χ4n) is 3.39. The summed E-state index contributed by atoms with van der Waals surface area (Å²) in [5.41, 5.74) is 2.22. The lowest BCUT2D eigenvalue weighted by atomic mass is 10.1. The summed E-state index contributed by atoms with van der Waals surface area (Å²) in [5.74, 6) is 1.16. The molecule has 0 saturated carbocycles. The van der Waals surface area contributed by atoms with Crippen LogP contribution in [-0.4, -0.2) is 37.2 Å². The van der Waals surface area contributed by atoms with E-state index in [1.807, 2.05) is 24.3 Å². The van der Waals surface area contributed by atoms with Crippen LogP contribution in [0.4, 0.5) is 5.82 Å². The summed E-state index contributed by atoms with van der Waals surface area (Å²) < 4.78 is 11.3. The van der Waals surface area contributed by atoms with Crippen molar-refractivity contribution in [3.63, 3.8) is 0 Å². The molecule has 1 fully saturated rings. The molecule has 4 rings (SSSR count). The number of hydrogen-bond donors (Lipinski definition) is 1. The molecular formula is C24H23Cl2N3O3. The third-order valence-electron chi connectivity index (χ3n) is 5.13. The first-order valence-electron chi connectivity index (χ1n) is 10.3. The third kappa shape index (κ3) is 5.71. The van der Waals surface area contributed by atoms with Gasteiger partial charge < -0.3 is 19.7 Å². The molecule has 1 amide bonds. The number of hydrogen-bond acceptors (Lipinski definition) is 5. The molecule has 2 aromatic carbocycles. The van der Waals surface area contributed by atoms with Crippen LogP contribution in [-0.2, 0) is 17.9 Å². The molecule has 1 aromatic heterocycles. The van der Waals surface area contributed by atoms with E-state index in [1.165, 1.54) is 0 Å². The zero-order chi connectivity index (χ0) is 22.3. The molecule has 2 heterocycles. The summed E-state index contributed by atoms with van der Waals surface area (Å²) in [6, 6.07) is 16.3. The Kier molecular flexibility index (Phi) is 7.47. The van der Waals surface area contributed by atoms with E-state index in [4.69, 9.17) is 32.7 Å². The zero-order valence-electron chi connectivity index (χ0n) is 17.4. The molecule has 1 aliphatic heterocycles. The van der Waals surface area contributed by atoms with E-state index in [1.54, 1.807) is 36.5 Å². The average molecular weight is 472 g/mol. The van der Waals surface area contributed by atoms with Gasteiger partial charge in [0.1, 0.15) is 18.2 Å². The predicted molar refractivity (Wildman–Crippen MR) is 126 cm³/mol. The normalized spacial score (nSPS) is 13.6. The molecule has 1 aliphatic rings. The highest BCUT2D eigenvalue weighted by Crippen LogP contribution is 2.24. The van der Waals surface area contributed by atoms with Crippen LogP contribution in [0.1, 0.15) is 21.5 Å². The van der Waals surface area contributed by atoms with E-state index >= 15 is 0 Å². The molecule has 0 unspecified atom stereocenters. The lowest BCUT2D eigenvalue weighted by Crippen LogP contribution is -2.36. The van der Waals surface area contributed by atoms with Crippen LogP contribution >= 0.6 is 23.2 Å². The van der Waals surface area contributed by atoms with Gasteiger partial charge in [-0.25, -0.2) is 4.98 Å². The molecule has 0 radical (unpaired) electrons. The second-order valence-corrected chi connectivity index (χ2v) is 8.17. The zero-order valence-corrected chi connectivity index (χ0v) is 18.9. The first-order valence-corrected chi connectivity index (χ1v) is 11.1. The van der Waals surface area contributed by atoms with E-state index in [0.29, 0.717) is 41.1 Å². The highest BCUT2D eigenvalue weighted by atomic mass is 35.5. The number of ether oxygens (including phenoxy) is 2. The SMILES string of the molecule is O=C(NCc1ccnc(N2CCOCC2)c1)c1ccccc1OCc1ccc(Cl)cc1Cl. The Balaban J connectivity index is 1.40. The van der Waals surface area contributed by atoms with Gasteiger partial charge in [0.25, 0.3) is 5.91 Å². The van der Waals surface area contributed by atoms with Crippen molar-refractivity contribution in [3.8, 4) is 5.75 Å². The molecule has 0 aliphatic carbocycles. The molecular weight excluding hydrogens is 449 g/mol. The van der Waals surface area contributed by atoms with Crippen LogP contribution < -0.4 is 15.0 Å². The molecule has 8 heteroatoms. The standard InChI is InChI=1S/C24H23Cl2N3O3/c25-19-6-5-18(21(26)14-19)16-32-22-4-2-1-3-20(22)24(30)28-15-17-7-8-27-23(13-17)29-9-11-31-12-10-29/h1-8,13-14H,9-12,15-16H2,(H,28,30). The Labute approximate surface area is 197 Å². The second-order valence-electron chi connectivity index (χ2n) is 7.32. The van der Waals surface area contributed by atoms with E-state index in [-0.39, 0.29) is 12.5 Å². The molecule has 6 nitrogen and oxygen atoms in total. The van der Waals surface area contributed by atoms with E-state index < -0.39 is 0 Å². The Hall–Kier alpha value is -2.80. The van der Waals surface area contributed by atoms with Gasteiger partial charge in [-0.15, -0.1) is 0 Å². The van der Waals surface area contributed by atoms with Gasteiger partial charge in [0.05, 0.1) is 18.8 Å². The molecule has 3 aromatic rings. The van der Waals surface area contributed by atoms with Crippen molar-refractivity contribution in [2.45, 2.75) is 13.2 Å². The summed E-state index contributed by atoms with van der Waals surface area (Å²) in [6.07, 6.45) is 1.76. The van der Waals surface area contributed by atoms with Crippen molar-refractivity contribution < 1.29 is 14.3 Å². The lowest BCUT2D eigenvalue weighted by molar-refractivity contribution is 0.0946. The van der Waals surface area contributed by atoms with Gasteiger partial charge in [-0.1, -0.05) is 41.4 Å². The smallest absolute Gasteiger partial charge is 0.255 e. The topological polar surface area (TPSA) is 63.7 Å². The number of para-hydroxylation sites is 1. The van der Waals surface area contributed by atoms with Gasteiger partial charge in [-0.2, -0.15) is 0 Å². The number of carbonyl (C=O) groups is 1. The summed E-state index contributed by atoms with van der Waals surface area (Å²) >= 11 is 12.2. The fourth-order valence-corrected chi connectivity index (χ4v) is 3.85. The Morgan fingerprint density at radius 1 is 1.09 bits per heavy atom. The monoisotopic (exact) mass is 471 g/mol. The van der Waals surface area contributed by atoms with Gasteiger partial charge in [-0.05, 0) is 42.0 Å². The van der Waals surface area contributed by atoms with Crippen LogP contribution in [0, 0.1) is 0 Å². The second kappa shape index (κ2) is 10.7. The molecule has 1 saturated heterocycles. The summed E-state index contributed by atoms with van der Waals surface area (Å²) in [7, 11) is 0. The number of benzene rings is 2. The Morgan fingerprint density at radius 3 is 2.72 bits per heavy atom. The van der Waals surface area contributed by atoms with E-state index in [2.05, 4.69) is 15.2 Å². The third-order valence-corrected chi connectivity index (χ3v) is 5.71. The first kappa shape index (κ1) is 22.4. The van der Waals surface area contributed by atoms with Gasteiger partial charge in [0.15, 0.2) is 0 Å². The van der Waals surface area contributed by atoms with Crippen molar-refractivity contribution >= 4 is 34.9 Å². The largest absolute Gasteiger partial charge is 0.488 e. The molecule has 0 bridgehead atoms. The molecule has 1 N–H and O–H groups in total. The van der Waals surface area contributed by atoms with Crippen molar-refractivity contribution in [2.24, 2.45) is 0 Å². The van der Waals surface area contributed by atoms with Crippen molar-refractivity contribution in [1.82, 2.24) is 10.3 Å². The van der Waals surface area contributed by atoms with E-state index in [0.717, 1.165) is 30.0 Å². The molecule has 0 spiro atoms. The van der Waals surface area contributed by atoms with Crippen molar-refractivity contribution in [1.29, 1.82) is 0 Å². The predicted octanol–water partition coefficient (Wildman–Crippen LogP) is 4.73. The quantitative estimate of drug-likeness (QED) is 0.539. The maximum Gasteiger partial charge on any atom is 0.255 e. The van der Waals surface area contributed by atoms with Gasteiger partial charge in [0.2, 0.25) is 0 Å². The number of aromatic nitrogens is 1. The van der Waals surface area contributed by atoms with Gasteiger partial charge in [-0.3, -0.25) is 4.79 Å². The van der Waals surface area contributed by atoms with Crippen molar-refractivity contribution in [3.05, 3.63) is 87.5 Å². The van der Waals surface area contributed by atoms with Crippen LogP contribution in [0.15, 0.2) is 60.8 Å². The first-order chi connectivity index (χ1) is 15.6. The highest BCUT2D eigenvalue weighted by Gasteiger charge is 2.15. The maximum absolute atomic E-state index is 12.9. The summed E-state index contributed by atoms with van der Waals surface area (Å²) in [6.45, 7) is 3.63. The number of carbonyl (C=O) groups excluding carboxylic acids is 1. The number of amides is 1. The number of rotatable bonds is 7. The minimum Gasteiger partial charge on any atom is -0.488 e. The number of nitrogens with one attached hydrogen (secondary N) is 1. The molecule has 0 atom stereocenters. The average Bonchev–Trinajstić information content (AvgIpc) is 2.83. The maximum atomic E-state index is 12.9. The Morgan fingerprint density at radius 2 is 1.91 bits per heavy atom. The number of morpholine rings is 1. The van der Waals surface area contributed by atoms with Gasteiger partial charge in [0, 0.05) is 41.4 Å². The van der Waals surface area contributed by atoms with E-state index in [9.17, 15) is 4.79 Å². The minimum absolute atomic E-state index is 0.215. The Bertz CT molecular complexity index is 1090. The number of halogens is 2. The van der Waals surface area contributed by atoms with Crippen molar-refractivity contribution in [2.75, 3.05) is 31.2 Å².